The number of nitrogens with two attached hydrogens (primary N) is 1. The first-order valence-corrected chi connectivity index (χ1v) is 5.87. The Morgan fingerprint density at radius 1 is 1.45 bits per heavy atom. The molecule has 1 heterocycles. The van der Waals surface area contributed by atoms with Crippen molar-refractivity contribution in [1.29, 1.82) is 0 Å². The van der Waals surface area contributed by atoms with Gasteiger partial charge in [-0.05, 0) is 31.7 Å². The van der Waals surface area contributed by atoms with Gasteiger partial charge in [-0.1, -0.05) is 0 Å². The molecule has 0 amide bonds. The molecule has 0 bridgehead atoms. The lowest BCUT2D eigenvalue weighted by Crippen LogP contribution is -2.07. The van der Waals surface area contributed by atoms with Crippen LogP contribution in [0.3, 0.4) is 0 Å². The monoisotopic (exact) mass is 177 g/mol. The highest BCUT2D eigenvalue weighted by molar-refractivity contribution is 7.91. The standard InChI is InChI=1S/C7H15NO2S/c8-4-1-2-7-3-5-11(9,10)6-7/h7H,1-6,8H2/t7-/m1/s1. The summed E-state index contributed by atoms with van der Waals surface area (Å²) in [5, 5.41) is 0. The third-order valence-electron chi connectivity index (χ3n) is 2.14. The van der Waals surface area contributed by atoms with Crippen LogP contribution in [0.5, 0.6) is 0 Å². The van der Waals surface area contributed by atoms with E-state index in [2.05, 4.69) is 0 Å². The second-order valence-corrected chi connectivity index (χ2v) is 5.43. The van der Waals surface area contributed by atoms with Crippen LogP contribution in [0.1, 0.15) is 19.3 Å². The van der Waals surface area contributed by atoms with Crippen molar-refractivity contribution in [2.75, 3.05) is 18.1 Å². The first-order valence-electron chi connectivity index (χ1n) is 4.04. The van der Waals surface area contributed by atoms with Crippen LogP contribution in [0.4, 0.5) is 0 Å². The van der Waals surface area contributed by atoms with Crippen molar-refractivity contribution in [2.24, 2.45) is 11.7 Å². The largest absolute Gasteiger partial charge is 0.330 e. The van der Waals surface area contributed by atoms with Crippen molar-refractivity contribution in [3.63, 3.8) is 0 Å². The Labute approximate surface area is 67.9 Å². The van der Waals surface area contributed by atoms with Crippen LogP contribution in [0, 0.1) is 5.92 Å². The molecule has 1 fully saturated rings. The maximum absolute atomic E-state index is 11.0. The zero-order valence-electron chi connectivity index (χ0n) is 6.62. The second-order valence-electron chi connectivity index (χ2n) is 3.20. The summed E-state index contributed by atoms with van der Waals surface area (Å²) in [5.74, 6) is 1.18. The van der Waals surface area contributed by atoms with Crippen molar-refractivity contribution < 1.29 is 8.42 Å². The van der Waals surface area contributed by atoms with Crippen LogP contribution in [-0.2, 0) is 9.84 Å². The number of hydrogen-bond donors (Lipinski definition) is 1. The van der Waals surface area contributed by atoms with E-state index >= 15 is 0 Å². The molecule has 3 nitrogen and oxygen atoms in total. The summed E-state index contributed by atoms with van der Waals surface area (Å²) in [6, 6.07) is 0. The minimum absolute atomic E-state index is 0.391. The van der Waals surface area contributed by atoms with Crippen molar-refractivity contribution in [1.82, 2.24) is 0 Å². The van der Waals surface area contributed by atoms with Gasteiger partial charge in [0.1, 0.15) is 0 Å². The minimum Gasteiger partial charge on any atom is -0.330 e. The molecule has 66 valence electrons. The van der Waals surface area contributed by atoms with Crippen LogP contribution < -0.4 is 5.73 Å². The lowest BCUT2D eigenvalue weighted by atomic mass is 10.0. The molecule has 1 saturated heterocycles. The molecule has 11 heavy (non-hydrogen) atoms. The van der Waals surface area contributed by atoms with E-state index in [9.17, 15) is 8.42 Å². The Morgan fingerprint density at radius 3 is 2.64 bits per heavy atom. The maximum atomic E-state index is 11.0. The van der Waals surface area contributed by atoms with Gasteiger partial charge >= 0.3 is 0 Å². The molecule has 0 aromatic heterocycles. The summed E-state index contributed by atoms with van der Waals surface area (Å²) in [5.41, 5.74) is 5.32. The molecule has 0 aromatic carbocycles. The third kappa shape index (κ3) is 2.79. The summed E-state index contributed by atoms with van der Waals surface area (Å²) in [6.07, 6.45) is 2.79. The topological polar surface area (TPSA) is 60.2 Å². The zero-order valence-corrected chi connectivity index (χ0v) is 7.44. The molecule has 2 N–H and O–H groups in total. The average molecular weight is 177 g/mol. The van der Waals surface area contributed by atoms with Gasteiger partial charge in [-0.15, -0.1) is 0 Å². The smallest absolute Gasteiger partial charge is 0.150 e. The highest BCUT2D eigenvalue weighted by Crippen LogP contribution is 2.22. The minimum atomic E-state index is -2.67. The summed E-state index contributed by atoms with van der Waals surface area (Å²) in [7, 11) is -2.67. The third-order valence-corrected chi connectivity index (χ3v) is 3.98. The molecular weight excluding hydrogens is 162 g/mol. The molecule has 1 aliphatic rings. The van der Waals surface area contributed by atoms with E-state index < -0.39 is 9.84 Å². The molecule has 1 rings (SSSR count). The maximum Gasteiger partial charge on any atom is 0.150 e. The van der Waals surface area contributed by atoms with E-state index in [0.29, 0.717) is 24.0 Å². The summed E-state index contributed by atoms with van der Waals surface area (Å²) >= 11 is 0. The fourth-order valence-electron chi connectivity index (χ4n) is 1.51. The highest BCUT2D eigenvalue weighted by Gasteiger charge is 2.26. The molecule has 0 saturated carbocycles. The van der Waals surface area contributed by atoms with E-state index in [0.717, 1.165) is 19.3 Å². The lowest BCUT2D eigenvalue weighted by molar-refractivity contribution is 0.523. The predicted octanol–water partition coefficient (Wildman–Crippen LogP) is 0.160. The Kier molecular flexibility index (Phi) is 2.90. The van der Waals surface area contributed by atoms with Gasteiger partial charge in [0.25, 0.3) is 0 Å². The van der Waals surface area contributed by atoms with Gasteiger partial charge < -0.3 is 5.73 Å². The SMILES string of the molecule is NCCC[C@@H]1CCS(=O)(=O)C1. The van der Waals surface area contributed by atoms with E-state index in [1.54, 1.807) is 0 Å². The van der Waals surface area contributed by atoms with E-state index in [1.165, 1.54) is 0 Å². The van der Waals surface area contributed by atoms with Gasteiger partial charge in [0.15, 0.2) is 9.84 Å². The molecule has 0 aromatic rings. The first-order chi connectivity index (χ1) is 5.14. The van der Waals surface area contributed by atoms with Crippen molar-refractivity contribution in [3.05, 3.63) is 0 Å². The predicted molar refractivity (Wildman–Crippen MR) is 45.0 cm³/mol. The fraction of sp³-hybridized carbons (Fsp3) is 1.00. The van der Waals surface area contributed by atoms with Crippen LogP contribution >= 0.6 is 0 Å². The number of sulfone groups is 1. The van der Waals surface area contributed by atoms with Crippen LogP contribution in [0.15, 0.2) is 0 Å². The zero-order chi connectivity index (χ0) is 8.32. The Bertz CT molecular complexity index is 210. The highest BCUT2D eigenvalue weighted by atomic mass is 32.2. The Hall–Kier alpha value is -0.0900. The molecule has 1 aliphatic heterocycles. The van der Waals surface area contributed by atoms with Gasteiger partial charge in [-0.25, -0.2) is 8.42 Å². The molecule has 0 radical (unpaired) electrons. The number of rotatable bonds is 3. The number of hydrogen-bond acceptors (Lipinski definition) is 3. The van der Waals surface area contributed by atoms with Crippen molar-refractivity contribution in [2.45, 2.75) is 19.3 Å². The fourth-order valence-corrected chi connectivity index (χ4v) is 3.42. The van der Waals surface area contributed by atoms with Gasteiger partial charge in [0.2, 0.25) is 0 Å². The average Bonchev–Trinajstić information content (AvgIpc) is 2.26. The van der Waals surface area contributed by atoms with E-state index in [1.807, 2.05) is 0 Å². The summed E-state index contributed by atoms with van der Waals surface area (Å²) < 4.78 is 21.9. The van der Waals surface area contributed by atoms with E-state index in [-0.39, 0.29) is 0 Å². The Morgan fingerprint density at radius 2 is 2.18 bits per heavy atom. The van der Waals surface area contributed by atoms with Crippen LogP contribution in [0.2, 0.25) is 0 Å². The molecule has 0 unspecified atom stereocenters. The molecule has 4 heteroatoms. The molecular formula is C7H15NO2S. The Balaban J connectivity index is 2.31. The molecule has 0 aliphatic carbocycles. The summed E-state index contributed by atoms with van der Waals surface area (Å²) in [4.78, 5) is 0. The van der Waals surface area contributed by atoms with Crippen molar-refractivity contribution in [3.8, 4) is 0 Å². The van der Waals surface area contributed by atoms with E-state index in [4.69, 9.17) is 5.73 Å². The quantitative estimate of drug-likeness (QED) is 0.668. The van der Waals surface area contributed by atoms with Gasteiger partial charge in [-0.2, -0.15) is 0 Å². The molecule has 1 atom stereocenters. The second kappa shape index (κ2) is 3.54. The first kappa shape index (κ1) is 9.00. The lowest BCUT2D eigenvalue weighted by Gasteiger charge is -2.03. The molecule has 0 spiro atoms. The van der Waals surface area contributed by atoms with Gasteiger partial charge in [-0.3, -0.25) is 0 Å². The van der Waals surface area contributed by atoms with Gasteiger partial charge in [0.05, 0.1) is 11.5 Å². The normalized spacial score (nSPS) is 29.0. The van der Waals surface area contributed by atoms with Crippen molar-refractivity contribution >= 4 is 9.84 Å². The van der Waals surface area contributed by atoms with Gasteiger partial charge in [0, 0.05) is 0 Å². The summed E-state index contributed by atoms with van der Waals surface area (Å²) in [6.45, 7) is 0.677. The van der Waals surface area contributed by atoms with Crippen LogP contribution in [0.25, 0.3) is 0 Å². The van der Waals surface area contributed by atoms with Crippen LogP contribution in [-0.4, -0.2) is 26.5 Å².